The lowest BCUT2D eigenvalue weighted by molar-refractivity contribution is 0.0735. The quantitative estimate of drug-likeness (QED) is 0.708. The van der Waals surface area contributed by atoms with Gasteiger partial charge in [-0.2, -0.15) is 5.10 Å². The van der Waals surface area contributed by atoms with Crippen LogP contribution in [0.15, 0.2) is 36.8 Å². The Morgan fingerprint density at radius 1 is 1.12 bits per heavy atom. The van der Waals surface area contributed by atoms with Gasteiger partial charge in [0.05, 0.1) is 18.0 Å². The van der Waals surface area contributed by atoms with Crippen LogP contribution >= 0.6 is 0 Å². The molecule has 0 aliphatic carbocycles. The number of piperazine rings is 1. The number of amides is 1. The fraction of sp³-hybridized carbons (Fsp3) is 0.333. The minimum Gasteiger partial charge on any atom is -0.480 e. The van der Waals surface area contributed by atoms with E-state index < -0.39 is 0 Å². The number of hydrogen-bond acceptors (Lipinski definition) is 6. The molecule has 1 aromatic carbocycles. The highest BCUT2D eigenvalue weighted by molar-refractivity contribution is 5.92. The molecule has 0 spiro atoms. The normalized spacial score (nSPS) is 14.7. The Morgan fingerprint density at radius 2 is 1.92 bits per heavy atom. The van der Waals surface area contributed by atoms with Gasteiger partial charge in [-0.25, -0.2) is 9.97 Å². The highest BCUT2D eigenvalue weighted by Crippen LogP contribution is 2.27. The number of fused-ring (bicyclic) bond motifs is 1. The minimum absolute atomic E-state index is 0.0261. The van der Waals surface area contributed by atoms with Gasteiger partial charge in [-0.05, 0) is 24.3 Å². The van der Waals surface area contributed by atoms with E-state index >= 15 is 0 Å². The molecule has 1 aliphatic rings. The first-order valence-electron chi connectivity index (χ1n) is 8.48. The number of methoxy groups -OCH3 is 1. The summed E-state index contributed by atoms with van der Waals surface area (Å²) in [5.41, 5.74) is 2.55. The van der Waals surface area contributed by atoms with Gasteiger partial charge in [0.1, 0.15) is 12.0 Å². The first-order chi connectivity index (χ1) is 12.7. The first kappa shape index (κ1) is 16.3. The second-order valence-corrected chi connectivity index (χ2v) is 6.20. The lowest BCUT2D eigenvalue weighted by Crippen LogP contribution is -2.49. The maximum Gasteiger partial charge on any atom is 0.272 e. The molecule has 8 heteroatoms. The van der Waals surface area contributed by atoms with Crippen LogP contribution in [0.4, 0.5) is 5.69 Å². The van der Waals surface area contributed by atoms with Crippen LogP contribution in [0.2, 0.25) is 0 Å². The van der Waals surface area contributed by atoms with Crippen molar-refractivity contribution in [3.8, 4) is 5.88 Å². The second kappa shape index (κ2) is 6.62. The van der Waals surface area contributed by atoms with Crippen LogP contribution in [-0.2, 0) is 7.05 Å². The Kier molecular flexibility index (Phi) is 4.16. The highest BCUT2D eigenvalue weighted by atomic mass is 16.5. The molecule has 134 valence electrons. The molecule has 1 fully saturated rings. The Bertz CT molecular complexity index is 946. The molecule has 0 saturated carbocycles. The lowest BCUT2D eigenvalue weighted by Gasteiger charge is -2.36. The molecular weight excluding hydrogens is 332 g/mol. The van der Waals surface area contributed by atoms with E-state index in [0.29, 0.717) is 24.7 Å². The summed E-state index contributed by atoms with van der Waals surface area (Å²) in [5.74, 6) is 0.597. The standard InChI is InChI=1S/C18H20N6O2/c1-22-16(5-6-21-22)18(25)24-9-7-23(8-10-24)13-3-4-15-14(11-13)17(26-2)20-12-19-15/h3-6,11-12H,7-10H2,1-2H3. The predicted octanol–water partition coefficient (Wildman–Crippen LogP) is 1.33. The molecule has 0 radical (unpaired) electrons. The summed E-state index contributed by atoms with van der Waals surface area (Å²) < 4.78 is 6.96. The number of carbonyl (C=O) groups excluding carboxylic acids is 1. The Balaban J connectivity index is 1.50. The Labute approximate surface area is 151 Å². The maximum atomic E-state index is 12.6. The van der Waals surface area contributed by atoms with Crippen molar-refractivity contribution in [1.82, 2.24) is 24.6 Å². The monoisotopic (exact) mass is 352 g/mol. The number of hydrogen-bond donors (Lipinski definition) is 0. The van der Waals surface area contributed by atoms with Crippen LogP contribution in [0.1, 0.15) is 10.5 Å². The van der Waals surface area contributed by atoms with Crippen molar-refractivity contribution in [1.29, 1.82) is 0 Å². The van der Waals surface area contributed by atoms with E-state index in [-0.39, 0.29) is 5.91 Å². The molecule has 2 aromatic heterocycles. The van der Waals surface area contributed by atoms with Gasteiger partial charge < -0.3 is 14.5 Å². The van der Waals surface area contributed by atoms with Gasteiger partial charge in [0, 0.05) is 45.1 Å². The third-order valence-corrected chi connectivity index (χ3v) is 4.75. The molecule has 8 nitrogen and oxygen atoms in total. The Hall–Kier alpha value is -3.16. The van der Waals surface area contributed by atoms with Crippen molar-refractivity contribution < 1.29 is 9.53 Å². The van der Waals surface area contributed by atoms with Crippen molar-refractivity contribution in [2.75, 3.05) is 38.2 Å². The van der Waals surface area contributed by atoms with Crippen molar-refractivity contribution in [2.24, 2.45) is 7.05 Å². The summed E-state index contributed by atoms with van der Waals surface area (Å²) in [7, 11) is 3.39. The van der Waals surface area contributed by atoms with Crippen LogP contribution in [0.5, 0.6) is 5.88 Å². The molecule has 0 unspecified atom stereocenters. The summed E-state index contributed by atoms with van der Waals surface area (Å²) in [6.45, 7) is 2.88. The molecule has 26 heavy (non-hydrogen) atoms. The number of carbonyl (C=O) groups is 1. The number of rotatable bonds is 3. The third kappa shape index (κ3) is 2.83. The van der Waals surface area contributed by atoms with Crippen LogP contribution < -0.4 is 9.64 Å². The molecular formula is C18H20N6O2. The number of nitrogens with zero attached hydrogens (tertiary/aromatic N) is 6. The fourth-order valence-electron chi connectivity index (χ4n) is 3.29. The topological polar surface area (TPSA) is 76.4 Å². The third-order valence-electron chi connectivity index (χ3n) is 4.75. The zero-order chi connectivity index (χ0) is 18.1. The minimum atomic E-state index is 0.0261. The molecule has 0 bridgehead atoms. The van der Waals surface area contributed by atoms with Gasteiger partial charge in [-0.15, -0.1) is 0 Å². The van der Waals surface area contributed by atoms with Crippen molar-refractivity contribution >= 4 is 22.5 Å². The average molecular weight is 352 g/mol. The van der Waals surface area contributed by atoms with E-state index in [4.69, 9.17) is 4.74 Å². The van der Waals surface area contributed by atoms with Crippen LogP contribution in [0.25, 0.3) is 10.9 Å². The number of ether oxygens (including phenoxy) is 1. The van der Waals surface area contributed by atoms with Crippen molar-refractivity contribution in [3.63, 3.8) is 0 Å². The van der Waals surface area contributed by atoms with Gasteiger partial charge in [0.2, 0.25) is 5.88 Å². The second-order valence-electron chi connectivity index (χ2n) is 6.20. The first-order valence-corrected chi connectivity index (χ1v) is 8.48. The van der Waals surface area contributed by atoms with E-state index in [1.54, 1.807) is 31.1 Å². The van der Waals surface area contributed by atoms with Gasteiger partial charge in [0.25, 0.3) is 5.91 Å². The van der Waals surface area contributed by atoms with Gasteiger partial charge in [0.15, 0.2) is 0 Å². The number of aryl methyl sites for hydroxylation is 1. The van der Waals surface area contributed by atoms with E-state index in [1.165, 1.54) is 6.33 Å². The SMILES string of the molecule is COc1ncnc2ccc(N3CCN(C(=O)c4ccnn4C)CC3)cc12. The van der Waals surface area contributed by atoms with Crippen LogP contribution in [0.3, 0.4) is 0 Å². The van der Waals surface area contributed by atoms with Crippen molar-refractivity contribution in [2.45, 2.75) is 0 Å². The highest BCUT2D eigenvalue weighted by Gasteiger charge is 2.24. The van der Waals surface area contributed by atoms with Gasteiger partial charge >= 0.3 is 0 Å². The number of aromatic nitrogens is 4. The summed E-state index contributed by atoms with van der Waals surface area (Å²) in [5, 5.41) is 4.97. The van der Waals surface area contributed by atoms with Gasteiger partial charge in [-0.3, -0.25) is 9.48 Å². The zero-order valence-corrected chi connectivity index (χ0v) is 14.8. The van der Waals surface area contributed by atoms with E-state index in [1.807, 2.05) is 23.1 Å². The largest absolute Gasteiger partial charge is 0.480 e. The number of benzene rings is 1. The van der Waals surface area contributed by atoms with Crippen LogP contribution in [0, 0.1) is 0 Å². The van der Waals surface area contributed by atoms with Crippen molar-refractivity contribution in [3.05, 3.63) is 42.5 Å². The molecule has 4 rings (SSSR count). The smallest absolute Gasteiger partial charge is 0.272 e. The molecule has 1 saturated heterocycles. The summed E-state index contributed by atoms with van der Waals surface area (Å²) in [4.78, 5) is 25.2. The molecule has 0 N–H and O–H groups in total. The van der Waals surface area contributed by atoms with Crippen LogP contribution in [-0.4, -0.2) is 63.8 Å². The Morgan fingerprint density at radius 3 is 2.62 bits per heavy atom. The molecule has 3 aromatic rings. The fourth-order valence-corrected chi connectivity index (χ4v) is 3.29. The lowest BCUT2D eigenvalue weighted by atomic mass is 10.2. The molecule has 1 aliphatic heterocycles. The summed E-state index contributed by atoms with van der Waals surface area (Å²) in [6.07, 6.45) is 3.15. The molecule has 0 atom stereocenters. The van der Waals surface area contributed by atoms with E-state index in [9.17, 15) is 4.79 Å². The summed E-state index contributed by atoms with van der Waals surface area (Å²) in [6, 6.07) is 7.83. The number of anilines is 1. The molecule has 3 heterocycles. The zero-order valence-electron chi connectivity index (χ0n) is 14.8. The van der Waals surface area contributed by atoms with E-state index in [0.717, 1.165) is 29.7 Å². The molecule has 1 amide bonds. The summed E-state index contributed by atoms with van der Waals surface area (Å²) >= 11 is 0. The van der Waals surface area contributed by atoms with Gasteiger partial charge in [-0.1, -0.05) is 0 Å². The predicted molar refractivity (Wildman–Crippen MR) is 97.4 cm³/mol. The van der Waals surface area contributed by atoms with E-state index in [2.05, 4.69) is 20.0 Å². The average Bonchev–Trinajstić information content (AvgIpc) is 3.12. The maximum absolute atomic E-state index is 12.6.